The Labute approximate surface area is 137 Å². The molecule has 0 unspecified atom stereocenters. The summed E-state index contributed by atoms with van der Waals surface area (Å²) < 4.78 is 5.63. The van der Waals surface area contributed by atoms with E-state index in [1.54, 1.807) is 7.11 Å². The number of nitrogens with one attached hydrogen (secondary N) is 1. The van der Waals surface area contributed by atoms with E-state index in [9.17, 15) is 0 Å². The SMILES string of the molecule is COc1ccc(C(N)=S)c(NCC2(SC)CCCCC2)c1. The molecule has 0 atom stereocenters. The van der Waals surface area contributed by atoms with Crippen LogP contribution in [0.2, 0.25) is 0 Å². The standard InChI is InChI=1S/C16H24N2OS2/c1-19-12-6-7-13(15(17)20)14(10-12)18-11-16(21-2)8-4-3-5-9-16/h6-7,10,18H,3-5,8-9,11H2,1-2H3,(H2,17,20). The molecule has 1 aromatic carbocycles. The van der Waals surface area contributed by atoms with E-state index in [0.29, 0.717) is 9.74 Å². The minimum atomic E-state index is 0.328. The number of ether oxygens (including phenoxy) is 1. The largest absolute Gasteiger partial charge is 0.497 e. The molecule has 0 saturated heterocycles. The van der Waals surface area contributed by atoms with Gasteiger partial charge in [-0.1, -0.05) is 31.5 Å². The van der Waals surface area contributed by atoms with E-state index in [2.05, 4.69) is 11.6 Å². The summed E-state index contributed by atoms with van der Waals surface area (Å²) in [5.41, 5.74) is 7.69. The number of thioether (sulfide) groups is 1. The topological polar surface area (TPSA) is 47.3 Å². The van der Waals surface area contributed by atoms with Crippen molar-refractivity contribution in [3.63, 3.8) is 0 Å². The van der Waals surface area contributed by atoms with Gasteiger partial charge in [0, 0.05) is 28.6 Å². The zero-order chi connectivity index (χ0) is 15.3. The lowest BCUT2D eigenvalue weighted by Crippen LogP contribution is -2.36. The Hall–Kier alpha value is -0.940. The second kappa shape index (κ2) is 7.36. The highest BCUT2D eigenvalue weighted by atomic mass is 32.2. The average molecular weight is 325 g/mol. The maximum absolute atomic E-state index is 5.83. The van der Waals surface area contributed by atoms with E-state index in [1.165, 1.54) is 32.1 Å². The first kappa shape index (κ1) is 16.4. The van der Waals surface area contributed by atoms with Crippen molar-refractivity contribution in [1.82, 2.24) is 0 Å². The van der Waals surface area contributed by atoms with Gasteiger partial charge in [-0.3, -0.25) is 0 Å². The van der Waals surface area contributed by atoms with Gasteiger partial charge in [0.05, 0.1) is 7.11 Å². The molecule has 1 aliphatic rings. The van der Waals surface area contributed by atoms with Crippen LogP contribution in [0.15, 0.2) is 18.2 Å². The molecular formula is C16H24N2OS2. The molecule has 2 rings (SSSR count). The van der Waals surface area contributed by atoms with Crippen LogP contribution in [0.5, 0.6) is 5.75 Å². The monoisotopic (exact) mass is 324 g/mol. The fourth-order valence-corrected chi connectivity index (χ4v) is 4.01. The third-order valence-electron chi connectivity index (χ3n) is 4.29. The molecule has 1 fully saturated rings. The molecule has 3 nitrogen and oxygen atoms in total. The Morgan fingerprint density at radius 3 is 2.67 bits per heavy atom. The minimum Gasteiger partial charge on any atom is -0.497 e. The van der Waals surface area contributed by atoms with Crippen LogP contribution in [0.3, 0.4) is 0 Å². The van der Waals surface area contributed by atoms with Crippen molar-refractivity contribution in [3.05, 3.63) is 23.8 Å². The number of hydrogen-bond acceptors (Lipinski definition) is 4. The maximum Gasteiger partial charge on any atom is 0.120 e. The summed E-state index contributed by atoms with van der Waals surface area (Å²) in [5, 5.41) is 3.56. The van der Waals surface area contributed by atoms with Gasteiger partial charge in [0.15, 0.2) is 0 Å². The Kier molecular flexibility index (Phi) is 5.76. The van der Waals surface area contributed by atoms with Crippen LogP contribution in [0.4, 0.5) is 5.69 Å². The molecule has 0 heterocycles. The molecule has 116 valence electrons. The Morgan fingerprint density at radius 1 is 1.38 bits per heavy atom. The molecule has 3 N–H and O–H groups in total. The first-order chi connectivity index (χ1) is 10.1. The lowest BCUT2D eigenvalue weighted by Gasteiger charge is -2.36. The Morgan fingerprint density at radius 2 is 2.10 bits per heavy atom. The Balaban J connectivity index is 2.15. The molecule has 0 bridgehead atoms. The quantitative estimate of drug-likeness (QED) is 0.779. The number of thiocarbonyl (C=S) groups is 1. The average Bonchev–Trinajstić information content (AvgIpc) is 2.53. The molecule has 1 saturated carbocycles. The summed E-state index contributed by atoms with van der Waals surface area (Å²) in [4.78, 5) is 0.419. The van der Waals surface area contributed by atoms with Crippen molar-refractivity contribution in [2.45, 2.75) is 36.9 Å². The highest BCUT2D eigenvalue weighted by Crippen LogP contribution is 2.39. The van der Waals surface area contributed by atoms with Crippen molar-refractivity contribution in [3.8, 4) is 5.75 Å². The third-order valence-corrected chi connectivity index (χ3v) is 5.93. The van der Waals surface area contributed by atoms with Crippen molar-refractivity contribution < 1.29 is 4.74 Å². The number of hydrogen-bond donors (Lipinski definition) is 2. The fraction of sp³-hybridized carbons (Fsp3) is 0.562. The van der Waals surface area contributed by atoms with Gasteiger partial charge in [-0.25, -0.2) is 0 Å². The zero-order valence-corrected chi connectivity index (χ0v) is 14.4. The molecule has 21 heavy (non-hydrogen) atoms. The predicted octanol–water partition coefficient (Wildman–Crippen LogP) is 3.81. The van der Waals surface area contributed by atoms with E-state index >= 15 is 0 Å². The third kappa shape index (κ3) is 4.04. The molecule has 0 amide bonds. The molecule has 1 aliphatic carbocycles. The van der Waals surface area contributed by atoms with E-state index in [1.807, 2.05) is 30.0 Å². The van der Waals surface area contributed by atoms with E-state index in [0.717, 1.165) is 23.5 Å². The second-order valence-corrected chi connectivity index (χ2v) is 7.29. The number of methoxy groups -OCH3 is 1. The smallest absolute Gasteiger partial charge is 0.120 e. The molecule has 0 aliphatic heterocycles. The zero-order valence-electron chi connectivity index (χ0n) is 12.8. The van der Waals surface area contributed by atoms with Gasteiger partial charge >= 0.3 is 0 Å². The van der Waals surface area contributed by atoms with Gasteiger partial charge in [-0.2, -0.15) is 11.8 Å². The van der Waals surface area contributed by atoms with E-state index in [4.69, 9.17) is 22.7 Å². The number of anilines is 1. The maximum atomic E-state index is 5.83. The highest BCUT2D eigenvalue weighted by molar-refractivity contribution is 8.00. The summed E-state index contributed by atoms with van der Waals surface area (Å²) in [5.74, 6) is 0.819. The summed E-state index contributed by atoms with van der Waals surface area (Å²) in [6, 6.07) is 5.80. The van der Waals surface area contributed by atoms with Crippen molar-refractivity contribution in [2.24, 2.45) is 5.73 Å². The van der Waals surface area contributed by atoms with Crippen LogP contribution in [0, 0.1) is 0 Å². The predicted molar refractivity (Wildman–Crippen MR) is 96.7 cm³/mol. The molecular weight excluding hydrogens is 300 g/mol. The highest BCUT2D eigenvalue weighted by Gasteiger charge is 2.31. The fourth-order valence-electron chi connectivity index (χ4n) is 2.92. The molecule has 5 heteroatoms. The number of benzene rings is 1. The van der Waals surface area contributed by atoms with Gasteiger partial charge in [0.1, 0.15) is 10.7 Å². The van der Waals surface area contributed by atoms with Crippen LogP contribution in [0.25, 0.3) is 0 Å². The van der Waals surface area contributed by atoms with Crippen molar-refractivity contribution in [2.75, 3.05) is 25.2 Å². The van der Waals surface area contributed by atoms with Crippen LogP contribution < -0.4 is 15.8 Å². The second-order valence-electron chi connectivity index (χ2n) is 5.58. The summed E-state index contributed by atoms with van der Waals surface area (Å²) in [7, 11) is 1.67. The van der Waals surface area contributed by atoms with Crippen LogP contribution >= 0.6 is 24.0 Å². The molecule has 1 aromatic rings. The van der Waals surface area contributed by atoms with Crippen LogP contribution in [0.1, 0.15) is 37.7 Å². The molecule has 0 radical (unpaired) electrons. The van der Waals surface area contributed by atoms with Crippen molar-refractivity contribution >= 4 is 34.7 Å². The normalized spacial score (nSPS) is 17.2. The van der Waals surface area contributed by atoms with Gasteiger partial charge < -0.3 is 15.8 Å². The molecule has 0 aromatic heterocycles. The van der Waals surface area contributed by atoms with Crippen molar-refractivity contribution in [1.29, 1.82) is 0 Å². The van der Waals surface area contributed by atoms with Crippen LogP contribution in [-0.4, -0.2) is 29.6 Å². The summed E-state index contributed by atoms with van der Waals surface area (Å²) in [6.45, 7) is 0.941. The number of nitrogens with two attached hydrogens (primary N) is 1. The lowest BCUT2D eigenvalue weighted by molar-refractivity contribution is 0.410. The minimum absolute atomic E-state index is 0.328. The first-order valence-corrected chi connectivity index (χ1v) is 9.00. The first-order valence-electron chi connectivity index (χ1n) is 7.37. The Bertz CT molecular complexity index is 499. The van der Waals surface area contributed by atoms with Gasteiger partial charge in [0.2, 0.25) is 0 Å². The van der Waals surface area contributed by atoms with Gasteiger partial charge in [-0.05, 0) is 31.2 Å². The number of rotatable bonds is 6. The lowest BCUT2D eigenvalue weighted by atomic mass is 9.88. The van der Waals surface area contributed by atoms with Gasteiger partial charge in [0.25, 0.3) is 0 Å². The van der Waals surface area contributed by atoms with Gasteiger partial charge in [-0.15, -0.1) is 0 Å². The summed E-state index contributed by atoms with van der Waals surface area (Å²) >= 11 is 7.13. The summed E-state index contributed by atoms with van der Waals surface area (Å²) in [6.07, 6.45) is 8.76. The van der Waals surface area contributed by atoms with E-state index in [-0.39, 0.29) is 0 Å². The molecule has 0 spiro atoms. The van der Waals surface area contributed by atoms with Crippen LogP contribution in [-0.2, 0) is 0 Å². The van der Waals surface area contributed by atoms with E-state index < -0.39 is 0 Å².